The van der Waals surface area contributed by atoms with Crippen molar-refractivity contribution in [3.8, 4) is 6.07 Å². The Hall–Kier alpha value is -2.35. The van der Waals surface area contributed by atoms with Gasteiger partial charge in [0.2, 0.25) is 11.8 Å². The highest BCUT2D eigenvalue weighted by Crippen LogP contribution is 2.05. The smallest absolute Gasteiger partial charge is 0.239 e. The van der Waals surface area contributed by atoms with Crippen LogP contribution >= 0.6 is 0 Å². The maximum Gasteiger partial charge on any atom is 0.239 e. The lowest BCUT2D eigenvalue weighted by atomic mass is 10.1. The Kier molecular flexibility index (Phi) is 6.83. The van der Waals surface area contributed by atoms with Gasteiger partial charge in [0.25, 0.3) is 0 Å². The molecule has 0 aliphatic rings. The largest absolute Gasteiger partial charge is 0.368 e. The molecule has 106 valence electrons. The van der Waals surface area contributed by atoms with E-state index >= 15 is 0 Å². The molecular formula is C15H19N3O2. The van der Waals surface area contributed by atoms with Crippen molar-refractivity contribution < 1.29 is 9.59 Å². The van der Waals surface area contributed by atoms with E-state index in [-0.39, 0.29) is 12.3 Å². The molecule has 3 N–H and O–H groups in total. The zero-order valence-corrected chi connectivity index (χ0v) is 11.3. The average Bonchev–Trinajstić information content (AvgIpc) is 2.43. The molecule has 1 aromatic rings. The number of nitrogens with two attached hydrogens (primary N) is 1. The number of nitrogens with zero attached hydrogens (tertiary/aromatic N) is 1. The Morgan fingerprint density at radius 2 is 1.95 bits per heavy atom. The number of nitriles is 1. The Balaban J connectivity index is 2.43. The molecular weight excluding hydrogens is 254 g/mol. The molecule has 2 amide bonds. The minimum Gasteiger partial charge on any atom is -0.368 e. The van der Waals surface area contributed by atoms with Crippen molar-refractivity contribution in [2.75, 3.05) is 0 Å². The van der Waals surface area contributed by atoms with Crippen LogP contribution in [-0.4, -0.2) is 17.9 Å². The standard InChI is InChI=1S/C15H19N3O2/c16-10-6-2-5-9-13(15(17)20)18-14(19)11-12-7-3-1-4-8-12/h1,3-4,7-8,13H,2,5-6,9,11H2,(H2,17,20)(H,18,19)/t13-/m1/s1. The number of hydrogen-bond donors (Lipinski definition) is 2. The molecule has 1 atom stereocenters. The molecule has 1 rings (SSSR count). The van der Waals surface area contributed by atoms with E-state index in [1.54, 1.807) is 0 Å². The van der Waals surface area contributed by atoms with Crippen molar-refractivity contribution in [1.82, 2.24) is 5.32 Å². The highest BCUT2D eigenvalue weighted by atomic mass is 16.2. The highest BCUT2D eigenvalue weighted by Gasteiger charge is 2.17. The maximum absolute atomic E-state index is 11.8. The van der Waals surface area contributed by atoms with Crippen LogP contribution in [0.15, 0.2) is 30.3 Å². The molecule has 0 aromatic heterocycles. The second-order valence-electron chi connectivity index (χ2n) is 4.59. The van der Waals surface area contributed by atoms with Crippen LogP contribution in [0.25, 0.3) is 0 Å². The van der Waals surface area contributed by atoms with E-state index < -0.39 is 11.9 Å². The molecule has 0 saturated heterocycles. The molecule has 0 aliphatic carbocycles. The molecule has 1 aromatic carbocycles. The van der Waals surface area contributed by atoms with Crippen molar-refractivity contribution in [3.63, 3.8) is 0 Å². The van der Waals surface area contributed by atoms with Crippen molar-refractivity contribution in [1.29, 1.82) is 5.26 Å². The van der Waals surface area contributed by atoms with Crippen molar-refractivity contribution in [2.45, 2.75) is 38.1 Å². The molecule has 5 nitrogen and oxygen atoms in total. The van der Waals surface area contributed by atoms with Crippen LogP contribution in [0.4, 0.5) is 0 Å². The van der Waals surface area contributed by atoms with Crippen LogP contribution < -0.4 is 11.1 Å². The Bertz CT molecular complexity index is 480. The number of rotatable bonds is 8. The van der Waals surface area contributed by atoms with Gasteiger partial charge in [0, 0.05) is 6.42 Å². The minimum atomic E-state index is -0.662. The first-order valence-electron chi connectivity index (χ1n) is 6.63. The number of carbonyl (C=O) groups excluding carboxylic acids is 2. The number of amides is 2. The maximum atomic E-state index is 11.8. The predicted octanol–water partition coefficient (Wildman–Crippen LogP) is 1.28. The summed E-state index contributed by atoms with van der Waals surface area (Å²) in [6.45, 7) is 0. The number of hydrogen-bond acceptors (Lipinski definition) is 3. The molecule has 0 bridgehead atoms. The lowest BCUT2D eigenvalue weighted by molar-refractivity contribution is -0.127. The van der Waals surface area contributed by atoms with E-state index in [1.807, 2.05) is 36.4 Å². The van der Waals surface area contributed by atoms with E-state index in [4.69, 9.17) is 11.0 Å². The summed E-state index contributed by atoms with van der Waals surface area (Å²) >= 11 is 0. The third-order valence-corrected chi connectivity index (χ3v) is 2.92. The zero-order valence-electron chi connectivity index (χ0n) is 11.3. The molecule has 0 aliphatic heterocycles. The molecule has 5 heteroatoms. The third-order valence-electron chi connectivity index (χ3n) is 2.92. The molecule has 0 unspecified atom stereocenters. The second-order valence-corrected chi connectivity index (χ2v) is 4.59. The monoisotopic (exact) mass is 273 g/mol. The summed E-state index contributed by atoms with van der Waals surface area (Å²) in [4.78, 5) is 23.1. The van der Waals surface area contributed by atoms with E-state index in [0.717, 1.165) is 5.56 Å². The predicted molar refractivity (Wildman–Crippen MR) is 75.4 cm³/mol. The van der Waals surface area contributed by atoms with Gasteiger partial charge in [-0.05, 0) is 24.8 Å². The second kappa shape index (κ2) is 8.70. The summed E-state index contributed by atoms with van der Waals surface area (Å²) in [5.74, 6) is -0.761. The van der Waals surface area contributed by atoms with Crippen LogP contribution in [0.1, 0.15) is 31.2 Å². The fraction of sp³-hybridized carbons (Fsp3) is 0.400. The van der Waals surface area contributed by atoms with Gasteiger partial charge in [-0.2, -0.15) is 5.26 Å². The molecule has 0 spiro atoms. The number of benzene rings is 1. The lowest BCUT2D eigenvalue weighted by Crippen LogP contribution is -2.44. The lowest BCUT2D eigenvalue weighted by Gasteiger charge is -2.15. The summed E-state index contributed by atoms with van der Waals surface area (Å²) in [5.41, 5.74) is 6.16. The molecule has 0 saturated carbocycles. The fourth-order valence-corrected chi connectivity index (χ4v) is 1.86. The van der Waals surface area contributed by atoms with Crippen molar-refractivity contribution >= 4 is 11.8 Å². The Labute approximate surface area is 118 Å². The first kappa shape index (κ1) is 15.7. The van der Waals surface area contributed by atoms with Crippen molar-refractivity contribution in [3.05, 3.63) is 35.9 Å². The van der Waals surface area contributed by atoms with Crippen LogP contribution in [-0.2, 0) is 16.0 Å². The summed E-state index contributed by atoms with van der Waals surface area (Å²) in [7, 11) is 0. The normalized spacial score (nSPS) is 11.3. The molecule has 20 heavy (non-hydrogen) atoms. The van der Waals surface area contributed by atoms with E-state index in [9.17, 15) is 9.59 Å². The van der Waals surface area contributed by atoms with Gasteiger partial charge in [0.1, 0.15) is 6.04 Å². The van der Waals surface area contributed by atoms with Gasteiger partial charge in [-0.1, -0.05) is 30.3 Å². The summed E-state index contributed by atoms with van der Waals surface area (Å²) < 4.78 is 0. The van der Waals surface area contributed by atoms with Crippen LogP contribution in [0.3, 0.4) is 0 Å². The first-order valence-corrected chi connectivity index (χ1v) is 6.63. The summed E-state index contributed by atoms with van der Waals surface area (Å²) in [6, 6.07) is 10.7. The fourth-order valence-electron chi connectivity index (χ4n) is 1.86. The number of carbonyl (C=O) groups is 2. The van der Waals surface area contributed by atoms with Gasteiger partial charge < -0.3 is 11.1 Å². The van der Waals surface area contributed by atoms with Gasteiger partial charge in [0.05, 0.1) is 12.5 Å². The van der Waals surface area contributed by atoms with E-state index in [0.29, 0.717) is 25.7 Å². The third kappa shape index (κ3) is 6.01. The Morgan fingerprint density at radius 1 is 1.25 bits per heavy atom. The molecule has 0 radical (unpaired) electrons. The van der Waals surface area contributed by atoms with E-state index in [2.05, 4.69) is 5.32 Å². The van der Waals surface area contributed by atoms with E-state index in [1.165, 1.54) is 0 Å². The van der Waals surface area contributed by atoms with Crippen LogP contribution in [0.2, 0.25) is 0 Å². The molecule has 0 fully saturated rings. The number of nitrogens with one attached hydrogen (secondary N) is 1. The number of unbranched alkanes of at least 4 members (excludes halogenated alkanes) is 2. The quantitative estimate of drug-likeness (QED) is 0.698. The van der Waals surface area contributed by atoms with Gasteiger partial charge in [-0.25, -0.2) is 0 Å². The molecule has 0 heterocycles. The van der Waals surface area contributed by atoms with Crippen LogP contribution in [0, 0.1) is 11.3 Å². The summed E-state index contributed by atoms with van der Waals surface area (Å²) in [5, 5.41) is 11.1. The van der Waals surface area contributed by atoms with Gasteiger partial charge >= 0.3 is 0 Å². The van der Waals surface area contributed by atoms with Gasteiger partial charge in [0.15, 0.2) is 0 Å². The SMILES string of the molecule is N#CCCCC[C@@H](NC(=O)Cc1ccccc1)C(N)=O. The van der Waals surface area contributed by atoms with Crippen LogP contribution in [0.5, 0.6) is 0 Å². The van der Waals surface area contributed by atoms with Crippen molar-refractivity contribution in [2.24, 2.45) is 5.73 Å². The van der Waals surface area contributed by atoms with Gasteiger partial charge in [-0.15, -0.1) is 0 Å². The summed E-state index contributed by atoms with van der Waals surface area (Å²) in [6.07, 6.45) is 2.53. The number of primary amides is 1. The Morgan fingerprint density at radius 3 is 2.55 bits per heavy atom. The average molecular weight is 273 g/mol. The minimum absolute atomic E-state index is 0.222. The first-order chi connectivity index (χ1) is 9.63. The zero-order chi connectivity index (χ0) is 14.8. The highest BCUT2D eigenvalue weighted by molar-refractivity contribution is 5.87. The topological polar surface area (TPSA) is 96.0 Å². The van der Waals surface area contributed by atoms with Gasteiger partial charge in [-0.3, -0.25) is 9.59 Å².